The van der Waals surface area contributed by atoms with Crippen molar-refractivity contribution in [3.8, 4) is 17.0 Å². The van der Waals surface area contributed by atoms with Crippen LogP contribution in [0, 0.1) is 0 Å². The van der Waals surface area contributed by atoms with Gasteiger partial charge in [0.2, 0.25) is 11.8 Å². The van der Waals surface area contributed by atoms with Crippen molar-refractivity contribution in [2.24, 2.45) is 7.05 Å². The fourth-order valence-electron chi connectivity index (χ4n) is 3.91. The molecule has 0 aliphatic carbocycles. The summed E-state index contributed by atoms with van der Waals surface area (Å²) in [6, 6.07) is 7.47. The predicted molar refractivity (Wildman–Crippen MR) is 132 cm³/mol. The Balaban J connectivity index is 1.36. The summed E-state index contributed by atoms with van der Waals surface area (Å²) in [7, 11) is 1.85. The van der Waals surface area contributed by atoms with Gasteiger partial charge in [-0.1, -0.05) is 32.9 Å². The highest BCUT2D eigenvalue weighted by Gasteiger charge is 2.27. The molecule has 0 radical (unpaired) electrons. The molecular formula is C25H28N8O3. The highest BCUT2D eigenvalue weighted by molar-refractivity contribution is 5.89. The van der Waals surface area contributed by atoms with Crippen LogP contribution >= 0.6 is 0 Å². The quantitative estimate of drug-likeness (QED) is 0.428. The Labute approximate surface area is 208 Å². The summed E-state index contributed by atoms with van der Waals surface area (Å²) in [6.07, 6.45) is 6.77. The van der Waals surface area contributed by atoms with Crippen molar-refractivity contribution in [2.45, 2.75) is 45.1 Å². The van der Waals surface area contributed by atoms with E-state index in [0.717, 1.165) is 35.3 Å². The number of aryl methyl sites for hydroxylation is 1. The van der Waals surface area contributed by atoms with Gasteiger partial charge in [-0.2, -0.15) is 5.10 Å². The van der Waals surface area contributed by atoms with Crippen molar-refractivity contribution in [1.82, 2.24) is 35.3 Å². The molecule has 11 heteroatoms. The lowest BCUT2D eigenvalue weighted by Crippen LogP contribution is -2.28. The first-order chi connectivity index (χ1) is 17.3. The van der Waals surface area contributed by atoms with E-state index in [9.17, 15) is 4.79 Å². The number of anilines is 2. The second-order valence-corrected chi connectivity index (χ2v) is 9.72. The van der Waals surface area contributed by atoms with Gasteiger partial charge in [0.05, 0.1) is 30.2 Å². The Hall–Kier alpha value is -4.28. The molecule has 1 aliphatic rings. The van der Waals surface area contributed by atoms with Crippen molar-refractivity contribution < 1.29 is 13.9 Å². The Morgan fingerprint density at radius 1 is 1.19 bits per heavy atom. The highest BCUT2D eigenvalue weighted by Crippen LogP contribution is 2.35. The minimum absolute atomic E-state index is 0.0436. The third-order valence-corrected chi connectivity index (χ3v) is 5.76. The molecule has 0 saturated carbocycles. The van der Waals surface area contributed by atoms with Gasteiger partial charge >= 0.3 is 11.8 Å². The van der Waals surface area contributed by atoms with Gasteiger partial charge in [0, 0.05) is 36.0 Å². The number of benzene rings is 1. The Morgan fingerprint density at radius 3 is 2.81 bits per heavy atom. The second kappa shape index (κ2) is 9.40. The molecule has 5 rings (SSSR count). The summed E-state index contributed by atoms with van der Waals surface area (Å²) in [4.78, 5) is 21.8. The minimum atomic E-state index is -0.401. The lowest BCUT2D eigenvalue weighted by atomic mass is 9.97. The van der Waals surface area contributed by atoms with Crippen LogP contribution in [0.5, 0.6) is 5.75 Å². The van der Waals surface area contributed by atoms with Gasteiger partial charge in [-0.25, -0.2) is 9.97 Å². The van der Waals surface area contributed by atoms with E-state index in [1.807, 2.05) is 58.3 Å². The van der Waals surface area contributed by atoms with Gasteiger partial charge < -0.3 is 19.8 Å². The summed E-state index contributed by atoms with van der Waals surface area (Å²) >= 11 is 0. The number of ether oxygens (including phenoxy) is 1. The van der Waals surface area contributed by atoms with Crippen molar-refractivity contribution in [3.05, 3.63) is 60.2 Å². The average Bonchev–Trinajstić information content (AvgIpc) is 3.46. The summed E-state index contributed by atoms with van der Waals surface area (Å²) in [5, 5.41) is 18.3. The van der Waals surface area contributed by atoms with Gasteiger partial charge in [-0.15, -0.1) is 10.2 Å². The van der Waals surface area contributed by atoms with Crippen LogP contribution in [-0.2, 0) is 12.5 Å². The molecule has 1 amide bonds. The Bertz CT molecular complexity index is 1390. The third kappa shape index (κ3) is 5.04. The van der Waals surface area contributed by atoms with Crippen molar-refractivity contribution in [2.75, 3.05) is 11.9 Å². The molecule has 4 heterocycles. The molecule has 1 aliphatic heterocycles. The van der Waals surface area contributed by atoms with E-state index in [-0.39, 0.29) is 17.3 Å². The molecule has 1 unspecified atom stereocenters. The van der Waals surface area contributed by atoms with Crippen LogP contribution in [0.25, 0.3) is 11.3 Å². The second-order valence-electron chi connectivity index (χ2n) is 9.72. The van der Waals surface area contributed by atoms with E-state index < -0.39 is 5.91 Å². The van der Waals surface area contributed by atoms with Crippen LogP contribution in [0.4, 0.5) is 11.6 Å². The standard InChI is InChI=1S/C25H28N8O3/c1-25(2,3)23-32-31-22(36-23)21(34)29-19-6-5-11-35-20-12-15(7-8-17(19)20)18-9-10-26-24(30-18)28-16-13-27-33(4)14-16/h7-10,12-14,19H,5-6,11H2,1-4H3,(H,29,34)(H,26,28,30). The number of carbonyl (C=O) groups is 1. The molecule has 36 heavy (non-hydrogen) atoms. The smallest absolute Gasteiger partial charge is 0.309 e. The van der Waals surface area contributed by atoms with E-state index in [2.05, 4.69) is 35.9 Å². The third-order valence-electron chi connectivity index (χ3n) is 5.76. The van der Waals surface area contributed by atoms with Gasteiger partial charge in [0.1, 0.15) is 5.75 Å². The van der Waals surface area contributed by atoms with E-state index in [0.29, 0.717) is 24.2 Å². The molecule has 0 spiro atoms. The number of fused-ring (bicyclic) bond motifs is 1. The zero-order valence-corrected chi connectivity index (χ0v) is 20.6. The molecule has 0 fully saturated rings. The molecule has 186 valence electrons. The summed E-state index contributed by atoms with van der Waals surface area (Å²) in [6.45, 7) is 6.41. The fourth-order valence-corrected chi connectivity index (χ4v) is 3.91. The van der Waals surface area contributed by atoms with Crippen LogP contribution in [0.1, 0.15) is 61.8 Å². The highest BCUT2D eigenvalue weighted by atomic mass is 16.5. The van der Waals surface area contributed by atoms with Crippen molar-refractivity contribution in [1.29, 1.82) is 0 Å². The van der Waals surface area contributed by atoms with E-state index in [1.165, 1.54) is 0 Å². The number of hydrogen-bond donors (Lipinski definition) is 2. The molecular weight excluding hydrogens is 460 g/mol. The predicted octanol–water partition coefficient (Wildman–Crippen LogP) is 3.94. The maximum atomic E-state index is 12.9. The van der Waals surface area contributed by atoms with Gasteiger partial charge in [-0.05, 0) is 25.0 Å². The van der Waals surface area contributed by atoms with E-state index in [4.69, 9.17) is 9.15 Å². The number of nitrogens with one attached hydrogen (secondary N) is 2. The number of rotatable bonds is 5. The van der Waals surface area contributed by atoms with E-state index in [1.54, 1.807) is 17.1 Å². The van der Waals surface area contributed by atoms with Gasteiger partial charge in [-0.3, -0.25) is 9.48 Å². The van der Waals surface area contributed by atoms with Crippen molar-refractivity contribution in [3.63, 3.8) is 0 Å². The summed E-state index contributed by atoms with van der Waals surface area (Å²) in [5.74, 6) is 1.15. The maximum absolute atomic E-state index is 12.9. The largest absolute Gasteiger partial charge is 0.493 e. The fraction of sp³-hybridized carbons (Fsp3) is 0.360. The minimum Gasteiger partial charge on any atom is -0.493 e. The summed E-state index contributed by atoms with van der Waals surface area (Å²) in [5.41, 5.74) is 2.98. The zero-order chi connectivity index (χ0) is 25.3. The van der Waals surface area contributed by atoms with Crippen LogP contribution < -0.4 is 15.4 Å². The molecule has 4 aromatic rings. The van der Waals surface area contributed by atoms with Crippen molar-refractivity contribution >= 4 is 17.5 Å². The Morgan fingerprint density at radius 2 is 2.06 bits per heavy atom. The lowest BCUT2D eigenvalue weighted by molar-refractivity contribution is 0.0896. The molecule has 3 aromatic heterocycles. The molecule has 0 bridgehead atoms. The number of aromatic nitrogens is 6. The first-order valence-electron chi connectivity index (χ1n) is 11.8. The molecule has 11 nitrogen and oxygen atoms in total. The van der Waals surface area contributed by atoms with Gasteiger partial charge in [0.15, 0.2) is 0 Å². The van der Waals surface area contributed by atoms with Crippen LogP contribution in [0.15, 0.2) is 47.3 Å². The Kier molecular flexibility index (Phi) is 6.13. The average molecular weight is 489 g/mol. The number of hydrogen-bond acceptors (Lipinski definition) is 9. The monoisotopic (exact) mass is 488 g/mol. The van der Waals surface area contributed by atoms with Gasteiger partial charge in [0.25, 0.3) is 0 Å². The molecule has 1 aromatic carbocycles. The molecule has 1 atom stereocenters. The van der Waals surface area contributed by atoms with E-state index >= 15 is 0 Å². The number of nitrogens with zero attached hydrogens (tertiary/aromatic N) is 6. The topological polar surface area (TPSA) is 133 Å². The molecule has 0 saturated heterocycles. The first-order valence-corrected chi connectivity index (χ1v) is 11.8. The number of carbonyl (C=O) groups excluding carboxylic acids is 1. The van der Waals surface area contributed by atoms with Crippen LogP contribution in [-0.4, -0.2) is 42.5 Å². The normalized spacial score (nSPS) is 15.5. The molecule has 2 N–H and O–H groups in total. The SMILES string of the molecule is Cn1cc(Nc2nccc(-c3ccc4c(c3)OCCCC4NC(=O)c3nnc(C(C)(C)C)o3)n2)cn1. The maximum Gasteiger partial charge on any atom is 0.309 e. The van der Waals surface area contributed by atoms with Crippen LogP contribution in [0.2, 0.25) is 0 Å². The lowest BCUT2D eigenvalue weighted by Gasteiger charge is -2.18. The number of amides is 1. The first kappa shape index (κ1) is 23.5. The zero-order valence-electron chi connectivity index (χ0n) is 20.6. The summed E-state index contributed by atoms with van der Waals surface area (Å²) < 4.78 is 13.3. The van der Waals surface area contributed by atoms with Crippen LogP contribution in [0.3, 0.4) is 0 Å².